The number of aryl methyl sites for hydroxylation is 2. The van der Waals surface area contributed by atoms with Crippen LogP contribution >= 0.6 is 0 Å². The van der Waals surface area contributed by atoms with E-state index in [1.807, 2.05) is 11.7 Å². The third-order valence-electron chi connectivity index (χ3n) is 4.20. The Balaban J connectivity index is 2.68. The number of nitrogens with zero attached hydrogens (tertiary/aromatic N) is 2. The van der Waals surface area contributed by atoms with Gasteiger partial charge in [0.25, 0.3) is 0 Å². The molecule has 1 heterocycles. The van der Waals surface area contributed by atoms with Gasteiger partial charge in [-0.25, -0.2) is 0 Å². The van der Waals surface area contributed by atoms with Crippen LogP contribution in [0.15, 0.2) is 0 Å². The fraction of sp³-hybridized carbons (Fsp3) is 0.786. The van der Waals surface area contributed by atoms with E-state index in [1.54, 1.807) is 0 Å². The minimum atomic E-state index is 0.402. The van der Waals surface area contributed by atoms with Crippen LogP contribution in [-0.4, -0.2) is 15.8 Å². The molecule has 1 atom stereocenters. The summed E-state index contributed by atoms with van der Waals surface area (Å²) in [6.07, 6.45) is 4.49. The third-order valence-corrected chi connectivity index (χ3v) is 4.20. The van der Waals surface area contributed by atoms with Gasteiger partial charge in [0.1, 0.15) is 0 Å². The van der Waals surface area contributed by atoms with Crippen molar-refractivity contribution in [3.63, 3.8) is 0 Å². The van der Waals surface area contributed by atoms with E-state index in [9.17, 15) is 0 Å². The van der Waals surface area contributed by atoms with E-state index in [4.69, 9.17) is 5.84 Å². The summed E-state index contributed by atoms with van der Waals surface area (Å²) in [6.45, 7) is 8.69. The molecule has 0 amide bonds. The van der Waals surface area contributed by atoms with Gasteiger partial charge in [0.05, 0.1) is 5.69 Å². The molecule has 0 saturated carbocycles. The second kappa shape index (κ2) is 6.90. The third kappa shape index (κ3) is 3.33. The highest BCUT2D eigenvalue weighted by Gasteiger charge is 2.18. The Morgan fingerprint density at radius 1 is 1.28 bits per heavy atom. The summed E-state index contributed by atoms with van der Waals surface area (Å²) in [7, 11) is 2.01. The molecule has 0 aliphatic rings. The molecule has 0 bridgehead atoms. The van der Waals surface area contributed by atoms with Gasteiger partial charge in [-0.3, -0.25) is 16.0 Å². The van der Waals surface area contributed by atoms with E-state index in [0.29, 0.717) is 12.0 Å². The number of rotatable bonds is 7. The smallest absolute Gasteiger partial charge is 0.0628 e. The highest BCUT2D eigenvalue weighted by atomic mass is 15.3. The van der Waals surface area contributed by atoms with Crippen LogP contribution in [0.4, 0.5) is 0 Å². The zero-order valence-electron chi connectivity index (χ0n) is 12.5. The largest absolute Gasteiger partial charge is 0.272 e. The number of hydrogen-bond donors (Lipinski definition) is 2. The first-order chi connectivity index (χ1) is 8.54. The molecule has 0 aromatic carbocycles. The fourth-order valence-corrected chi connectivity index (χ4v) is 2.79. The number of nitrogens with one attached hydrogen (secondary N) is 1. The molecule has 4 nitrogen and oxygen atoms in total. The first-order valence-electron chi connectivity index (χ1n) is 7.00. The maximum absolute atomic E-state index is 5.70. The lowest BCUT2D eigenvalue weighted by atomic mass is 9.90. The first-order valence-corrected chi connectivity index (χ1v) is 7.00. The van der Waals surface area contributed by atoms with Crippen molar-refractivity contribution in [2.24, 2.45) is 18.8 Å². The van der Waals surface area contributed by atoms with Crippen molar-refractivity contribution in [1.82, 2.24) is 15.2 Å². The lowest BCUT2D eigenvalue weighted by Gasteiger charge is -2.24. The zero-order chi connectivity index (χ0) is 13.7. The predicted octanol–water partition coefficient (Wildman–Crippen LogP) is 2.24. The van der Waals surface area contributed by atoms with Crippen LogP contribution in [0.2, 0.25) is 0 Å². The Morgan fingerprint density at radius 2 is 1.89 bits per heavy atom. The van der Waals surface area contributed by atoms with E-state index in [-0.39, 0.29) is 0 Å². The van der Waals surface area contributed by atoms with Gasteiger partial charge in [0, 0.05) is 18.8 Å². The molecule has 1 aromatic rings. The Bertz CT molecular complexity index is 366. The van der Waals surface area contributed by atoms with Crippen molar-refractivity contribution < 1.29 is 0 Å². The molecule has 1 aromatic heterocycles. The van der Waals surface area contributed by atoms with Crippen molar-refractivity contribution >= 4 is 0 Å². The number of hydrazine groups is 1. The van der Waals surface area contributed by atoms with Crippen LogP contribution in [0.1, 0.15) is 50.1 Å². The molecule has 0 spiro atoms. The summed E-state index contributed by atoms with van der Waals surface area (Å²) in [5.74, 6) is 6.36. The van der Waals surface area contributed by atoms with Gasteiger partial charge in [-0.2, -0.15) is 5.10 Å². The molecular weight excluding hydrogens is 224 g/mol. The average molecular weight is 252 g/mol. The average Bonchev–Trinajstić information content (AvgIpc) is 2.60. The molecule has 3 N–H and O–H groups in total. The molecule has 1 unspecified atom stereocenters. The highest BCUT2D eigenvalue weighted by Crippen LogP contribution is 2.20. The lowest BCUT2D eigenvalue weighted by Crippen LogP contribution is -2.41. The Labute approximate surface area is 111 Å². The van der Waals surface area contributed by atoms with E-state index >= 15 is 0 Å². The molecule has 0 saturated heterocycles. The van der Waals surface area contributed by atoms with E-state index < -0.39 is 0 Å². The summed E-state index contributed by atoms with van der Waals surface area (Å²) in [6, 6.07) is 0.402. The lowest BCUT2D eigenvalue weighted by molar-refractivity contribution is 0.321. The fourth-order valence-electron chi connectivity index (χ4n) is 2.79. The van der Waals surface area contributed by atoms with Crippen LogP contribution in [0.5, 0.6) is 0 Å². The van der Waals surface area contributed by atoms with E-state index in [0.717, 1.165) is 18.5 Å². The van der Waals surface area contributed by atoms with E-state index in [1.165, 1.54) is 24.1 Å². The number of nitrogens with two attached hydrogens (primary N) is 1. The molecule has 4 heteroatoms. The quantitative estimate of drug-likeness (QED) is 0.578. The van der Waals surface area contributed by atoms with Crippen molar-refractivity contribution in [3.05, 3.63) is 17.0 Å². The molecule has 0 aliphatic carbocycles. The monoisotopic (exact) mass is 252 g/mol. The number of aromatic nitrogens is 2. The predicted molar refractivity (Wildman–Crippen MR) is 76.2 cm³/mol. The van der Waals surface area contributed by atoms with Crippen molar-refractivity contribution in [2.75, 3.05) is 0 Å². The van der Waals surface area contributed by atoms with Gasteiger partial charge in [-0.1, -0.05) is 26.7 Å². The van der Waals surface area contributed by atoms with Crippen molar-refractivity contribution in [3.8, 4) is 0 Å². The zero-order valence-corrected chi connectivity index (χ0v) is 12.5. The minimum absolute atomic E-state index is 0.402. The molecule has 0 radical (unpaired) electrons. The highest BCUT2D eigenvalue weighted by molar-refractivity contribution is 5.24. The van der Waals surface area contributed by atoms with E-state index in [2.05, 4.69) is 38.2 Å². The summed E-state index contributed by atoms with van der Waals surface area (Å²) in [4.78, 5) is 0. The van der Waals surface area contributed by atoms with Crippen molar-refractivity contribution in [1.29, 1.82) is 0 Å². The number of hydrogen-bond acceptors (Lipinski definition) is 3. The maximum Gasteiger partial charge on any atom is 0.0628 e. The summed E-state index contributed by atoms with van der Waals surface area (Å²) >= 11 is 0. The topological polar surface area (TPSA) is 55.9 Å². The molecule has 104 valence electrons. The van der Waals surface area contributed by atoms with Gasteiger partial charge < -0.3 is 0 Å². The Morgan fingerprint density at radius 3 is 2.28 bits per heavy atom. The second-order valence-corrected chi connectivity index (χ2v) is 5.16. The summed E-state index contributed by atoms with van der Waals surface area (Å²) in [5, 5.41) is 4.46. The standard InChI is InChI=1S/C14H28N4/c1-6-12(7-2)14(16-15)9-8-13-10(3)17-18(5)11(13)4/h12,14,16H,6-9,15H2,1-5H3. The van der Waals surface area contributed by atoms with Gasteiger partial charge in [-0.15, -0.1) is 0 Å². The molecule has 0 fully saturated rings. The van der Waals surface area contributed by atoms with Crippen LogP contribution in [0.3, 0.4) is 0 Å². The maximum atomic E-state index is 5.70. The SMILES string of the molecule is CCC(CC)C(CCc1c(C)nn(C)c1C)NN. The van der Waals surface area contributed by atoms with Crippen LogP contribution in [0.25, 0.3) is 0 Å². The van der Waals surface area contributed by atoms with Crippen LogP contribution < -0.4 is 11.3 Å². The normalized spacial score (nSPS) is 13.3. The Kier molecular flexibility index (Phi) is 5.82. The van der Waals surface area contributed by atoms with Crippen LogP contribution in [0, 0.1) is 19.8 Å². The second-order valence-electron chi connectivity index (χ2n) is 5.16. The van der Waals surface area contributed by atoms with Gasteiger partial charge >= 0.3 is 0 Å². The first kappa shape index (κ1) is 15.2. The van der Waals surface area contributed by atoms with Gasteiger partial charge in [-0.05, 0) is 38.2 Å². The Hall–Kier alpha value is -0.870. The molecular formula is C14H28N4. The molecule has 0 aliphatic heterocycles. The van der Waals surface area contributed by atoms with Crippen molar-refractivity contribution in [2.45, 2.75) is 59.4 Å². The summed E-state index contributed by atoms with van der Waals surface area (Å²) in [5.41, 5.74) is 6.79. The summed E-state index contributed by atoms with van der Waals surface area (Å²) < 4.78 is 1.96. The van der Waals surface area contributed by atoms with Crippen LogP contribution in [-0.2, 0) is 13.5 Å². The molecule has 18 heavy (non-hydrogen) atoms. The van der Waals surface area contributed by atoms with Gasteiger partial charge in [0.2, 0.25) is 0 Å². The minimum Gasteiger partial charge on any atom is -0.272 e. The molecule has 1 rings (SSSR count). The van der Waals surface area contributed by atoms with Gasteiger partial charge in [0.15, 0.2) is 0 Å².